The quantitative estimate of drug-likeness (QED) is 0.651. The van der Waals surface area contributed by atoms with Crippen LogP contribution in [0.3, 0.4) is 0 Å². The van der Waals surface area contributed by atoms with Crippen LogP contribution in [0.15, 0.2) is 28.7 Å². The molecule has 0 radical (unpaired) electrons. The number of aryl methyl sites for hydroxylation is 1. The Morgan fingerprint density at radius 1 is 1.22 bits per heavy atom. The number of aromatic nitrogens is 1. The van der Waals surface area contributed by atoms with E-state index in [-0.39, 0.29) is 24.0 Å². The van der Waals surface area contributed by atoms with E-state index in [0.29, 0.717) is 28.2 Å². The number of anilines is 1. The van der Waals surface area contributed by atoms with Gasteiger partial charge < -0.3 is 10.3 Å². The summed E-state index contributed by atoms with van der Waals surface area (Å²) in [6.45, 7) is 6.84. The molecule has 0 saturated heterocycles. The summed E-state index contributed by atoms with van der Waals surface area (Å²) in [5, 5.41) is 2.82. The molecule has 0 saturated carbocycles. The van der Waals surface area contributed by atoms with Crippen LogP contribution in [-0.2, 0) is 4.79 Å². The maximum absolute atomic E-state index is 12.9. The number of ketones is 2. The van der Waals surface area contributed by atoms with Crippen LogP contribution in [0.5, 0.6) is 0 Å². The molecule has 0 aliphatic heterocycles. The van der Waals surface area contributed by atoms with Gasteiger partial charge in [0, 0.05) is 15.7 Å². The van der Waals surface area contributed by atoms with E-state index in [2.05, 4.69) is 26.2 Å². The summed E-state index contributed by atoms with van der Waals surface area (Å²) in [6, 6.07) is 6.81. The van der Waals surface area contributed by atoms with Crippen LogP contribution < -0.4 is 5.32 Å². The summed E-state index contributed by atoms with van der Waals surface area (Å²) in [5.74, 6) is -0.443. The SMILES string of the molecule is CC(=O)c1c(C)[nH]c(C(=O)C(C)N(C)CC(=O)Nc2ccccc2Br)c1C. The standard InChI is InChI=1S/C20H24BrN3O3/c1-11-18(14(4)25)12(2)22-19(11)20(27)13(3)24(5)10-17(26)23-16-9-7-6-8-15(16)21/h6-9,13,22H,10H2,1-5H3,(H,23,26). The Labute approximate surface area is 167 Å². The molecule has 27 heavy (non-hydrogen) atoms. The molecule has 2 aromatic rings. The van der Waals surface area contributed by atoms with Gasteiger partial charge in [0.1, 0.15) is 0 Å². The monoisotopic (exact) mass is 433 g/mol. The molecule has 0 bridgehead atoms. The summed E-state index contributed by atoms with van der Waals surface area (Å²) in [4.78, 5) is 41.7. The first-order valence-electron chi connectivity index (χ1n) is 8.62. The van der Waals surface area contributed by atoms with E-state index in [1.807, 2.05) is 18.2 Å². The zero-order valence-corrected chi connectivity index (χ0v) is 17.7. The minimum absolute atomic E-state index is 0.0620. The molecule has 1 atom stereocenters. The van der Waals surface area contributed by atoms with Gasteiger partial charge in [-0.25, -0.2) is 0 Å². The number of aromatic amines is 1. The van der Waals surface area contributed by atoms with Gasteiger partial charge in [0.05, 0.1) is 24.0 Å². The average molecular weight is 434 g/mol. The molecule has 2 N–H and O–H groups in total. The molecule has 0 spiro atoms. The number of carbonyl (C=O) groups is 3. The van der Waals surface area contributed by atoms with Crippen molar-refractivity contribution in [2.45, 2.75) is 33.7 Å². The lowest BCUT2D eigenvalue weighted by Crippen LogP contribution is -2.41. The van der Waals surface area contributed by atoms with Crippen molar-refractivity contribution in [3.63, 3.8) is 0 Å². The lowest BCUT2D eigenvalue weighted by atomic mass is 10.0. The number of H-pyrrole nitrogens is 1. The molecule has 144 valence electrons. The first-order chi connectivity index (χ1) is 12.6. The molecule has 0 aliphatic rings. The van der Waals surface area contributed by atoms with Gasteiger partial charge >= 0.3 is 0 Å². The summed E-state index contributed by atoms with van der Waals surface area (Å²) < 4.78 is 0.791. The molecular weight excluding hydrogens is 410 g/mol. The molecule has 1 aromatic carbocycles. The lowest BCUT2D eigenvalue weighted by Gasteiger charge is -2.23. The maximum atomic E-state index is 12.9. The molecule has 2 rings (SSSR count). The molecular formula is C20H24BrN3O3. The number of amides is 1. The van der Waals surface area contributed by atoms with Crippen LogP contribution in [0, 0.1) is 13.8 Å². The number of likely N-dealkylation sites (N-methyl/N-ethyl adjacent to an activating group) is 1. The van der Waals surface area contributed by atoms with Crippen molar-refractivity contribution in [1.82, 2.24) is 9.88 Å². The number of para-hydroxylation sites is 1. The molecule has 1 aromatic heterocycles. The highest BCUT2D eigenvalue weighted by atomic mass is 79.9. The summed E-state index contributed by atoms with van der Waals surface area (Å²) >= 11 is 3.39. The van der Waals surface area contributed by atoms with Crippen molar-refractivity contribution in [3.8, 4) is 0 Å². The summed E-state index contributed by atoms with van der Waals surface area (Å²) in [6.07, 6.45) is 0. The van der Waals surface area contributed by atoms with Crippen molar-refractivity contribution in [3.05, 3.63) is 51.3 Å². The fraction of sp³-hybridized carbons (Fsp3) is 0.350. The van der Waals surface area contributed by atoms with Crippen molar-refractivity contribution in [1.29, 1.82) is 0 Å². The van der Waals surface area contributed by atoms with E-state index in [9.17, 15) is 14.4 Å². The van der Waals surface area contributed by atoms with Crippen LogP contribution >= 0.6 is 15.9 Å². The average Bonchev–Trinajstić information content (AvgIpc) is 2.90. The third-order valence-corrected chi connectivity index (χ3v) is 5.31. The van der Waals surface area contributed by atoms with Gasteiger partial charge in [-0.05, 0) is 68.4 Å². The number of Topliss-reactive ketones (excluding diaryl/α,β-unsaturated/α-hetero) is 2. The zero-order valence-electron chi connectivity index (χ0n) is 16.1. The zero-order chi connectivity index (χ0) is 20.3. The Bertz CT molecular complexity index is 889. The number of nitrogens with one attached hydrogen (secondary N) is 2. The van der Waals surface area contributed by atoms with E-state index in [4.69, 9.17) is 0 Å². The molecule has 0 aliphatic carbocycles. The van der Waals surface area contributed by atoms with Gasteiger partial charge in [0.25, 0.3) is 0 Å². The first kappa shape index (κ1) is 21.1. The Hall–Kier alpha value is -2.25. The Morgan fingerprint density at radius 3 is 2.41 bits per heavy atom. The number of halogens is 1. The van der Waals surface area contributed by atoms with Gasteiger partial charge in [-0.15, -0.1) is 0 Å². The predicted octanol–water partition coefficient (Wildman–Crippen LogP) is 3.74. The minimum atomic E-state index is -0.522. The Balaban J connectivity index is 2.08. The fourth-order valence-electron chi connectivity index (χ4n) is 3.05. The van der Waals surface area contributed by atoms with E-state index < -0.39 is 6.04 Å². The van der Waals surface area contributed by atoms with Crippen molar-refractivity contribution < 1.29 is 14.4 Å². The van der Waals surface area contributed by atoms with Crippen LogP contribution in [-0.4, -0.2) is 47.0 Å². The minimum Gasteiger partial charge on any atom is -0.355 e. The van der Waals surface area contributed by atoms with Gasteiger partial charge in [0.15, 0.2) is 11.6 Å². The third-order valence-electron chi connectivity index (χ3n) is 4.62. The van der Waals surface area contributed by atoms with Gasteiger partial charge in [-0.2, -0.15) is 0 Å². The maximum Gasteiger partial charge on any atom is 0.238 e. The molecule has 0 fully saturated rings. The second kappa shape index (κ2) is 8.63. The Kier molecular flexibility index (Phi) is 6.73. The topological polar surface area (TPSA) is 82.3 Å². The number of hydrogen-bond donors (Lipinski definition) is 2. The van der Waals surface area contributed by atoms with E-state index in [1.54, 1.807) is 38.8 Å². The molecule has 1 amide bonds. The molecule has 1 heterocycles. The van der Waals surface area contributed by atoms with Crippen LogP contribution in [0.25, 0.3) is 0 Å². The van der Waals surface area contributed by atoms with Crippen molar-refractivity contribution >= 4 is 39.1 Å². The van der Waals surface area contributed by atoms with E-state index in [1.165, 1.54) is 6.92 Å². The molecule has 1 unspecified atom stereocenters. The second-order valence-electron chi connectivity index (χ2n) is 6.66. The highest BCUT2D eigenvalue weighted by Crippen LogP contribution is 2.22. The number of hydrogen-bond acceptors (Lipinski definition) is 4. The smallest absolute Gasteiger partial charge is 0.238 e. The van der Waals surface area contributed by atoms with Crippen LogP contribution in [0.4, 0.5) is 5.69 Å². The Morgan fingerprint density at radius 2 is 1.85 bits per heavy atom. The predicted molar refractivity (Wildman–Crippen MR) is 109 cm³/mol. The fourth-order valence-corrected chi connectivity index (χ4v) is 3.43. The van der Waals surface area contributed by atoms with Gasteiger partial charge in [-0.3, -0.25) is 19.3 Å². The van der Waals surface area contributed by atoms with Crippen molar-refractivity contribution in [2.75, 3.05) is 18.9 Å². The number of benzene rings is 1. The second-order valence-corrected chi connectivity index (χ2v) is 7.52. The number of carbonyl (C=O) groups excluding carboxylic acids is 3. The van der Waals surface area contributed by atoms with Gasteiger partial charge in [-0.1, -0.05) is 12.1 Å². The van der Waals surface area contributed by atoms with Crippen molar-refractivity contribution in [2.24, 2.45) is 0 Å². The number of rotatable bonds is 7. The molecule has 6 nitrogen and oxygen atoms in total. The number of nitrogens with zero attached hydrogens (tertiary/aromatic N) is 1. The normalized spacial score (nSPS) is 12.1. The lowest BCUT2D eigenvalue weighted by molar-refractivity contribution is -0.117. The van der Waals surface area contributed by atoms with Crippen LogP contribution in [0.2, 0.25) is 0 Å². The molecule has 7 heteroatoms. The highest BCUT2D eigenvalue weighted by Gasteiger charge is 2.26. The van der Waals surface area contributed by atoms with E-state index >= 15 is 0 Å². The highest BCUT2D eigenvalue weighted by molar-refractivity contribution is 9.10. The summed E-state index contributed by atoms with van der Waals surface area (Å²) in [7, 11) is 1.72. The largest absolute Gasteiger partial charge is 0.355 e. The summed E-state index contributed by atoms with van der Waals surface area (Å²) in [5.41, 5.74) is 2.99. The van der Waals surface area contributed by atoms with Crippen LogP contribution in [0.1, 0.15) is 46.0 Å². The van der Waals surface area contributed by atoms with E-state index in [0.717, 1.165) is 4.47 Å². The van der Waals surface area contributed by atoms with Gasteiger partial charge in [0.2, 0.25) is 5.91 Å². The first-order valence-corrected chi connectivity index (χ1v) is 9.41. The third kappa shape index (κ3) is 4.73.